The summed E-state index contributed by atoms with van der Waals surface area (Å²) in [5.41, 5.74) is -1.19. The molecule has 0 saturated heterocycles. The summed E-state index contributed by atoms with van der Waals surface area (Å²) < 4.78 is 4.75. The van der Waals surface area contributed by atoms with Crippen LogP contribution in [-0.4, -0.2) is 23.7 Å². The highest BCUT2D eigenvalue weighted by molar-refractivity contribution is 6.15. The van der Waals surface area contributed by atoms with Crippen LogP contribution < -0.4 is 0 Å². The summed E-state index contributed by atoms with van der Waals surface area (Å²) in [7, 11) is 0. The second-order valence-electron chi connectivity index (χ2n) is 3.15. The largest absolute Gasteiger partial charge is 0.762 e. The highest BCUT2D eigenvalue weighted by Gasteiger charge is 2.18. The summed E-state index contributed by atoms with van der Waals surface area (Å²) in [4.78, 5) is 21.0. The van der Waals surface area contributed by atoms with Crippen LogP contribution in [0.15, 0.2) is 5.57 Å². The van der Waals surface area contributed by atoms with Crippen LogP contribution >= 0.6 is 0 Å². The zero-order chi connectivity index (χ0) is 9.78. The van der Waals surface area contributed by atoms with Crippen molar-refractivity contribution >= 4 is 18.1 Å². The molecule has 0 rings (SSSR count). The van der Waals surface area contributed by atoms with Crippen molar-refractivity contribution in [2.75, 3.05) is 0 Å². The molecule has 0 aliphatic rings. The topological polar surface area (TPSA) is 65.7 Å². The van der Waals surface area contributed by atoms with Gasteiger partial charge in [-0.3, -0.25) is 10.7 Å². The van der Waals surface area contributed by atoms with Gasteiger partial charge in [0.05, 0.1) is 0 Å². The van der Waals surface area contributed by atoms with Crippen molar-refractivity contribution in [2.45, 2.75) is 26.4 Å². The maximum atomic E-state index is 10.9. The second-order valence-corrected chi connectivity index (χ2v) is 3.15. The maximum absolute atomic E-state index is 10.9. The third kappa shape index (κ3) is 3.68. The third-order valence-corrected chi connectivity index (χ3v) is 0.857. The molecule has 0 aromatic heterocycles. The van der Waals surface area contributed by atoms with Gasteiger partial charge >= 0.3 is 5.97 Å². The van der Waals surface area contributed by atoms with Gasteiger partial charge in [0.2, 0.25) is 0 Å². The zero-order valence-electron chi connectivity index (χ0n) is 7.25. The standard InChI is InChI=1S/C8H10NO3/c1-8(2,3)12-7(11)6(4-9)5-10/h5H,1-3H3/q-1. The molecule has 0 heterocycles. The summed E-state index contributed by atoms with van der Waals surface area (Å²) in [6.07, 6.45) is 0.189. The molecule has 0 saturated carbocycles. The molecule has 0 amide bonds. The lowest BCUT2D eigenvalue weighted by Gasteiger charge is -2.18. The summed E-state index contributed by atoms with van der Waals surface area (Å²) in [5.74, 6) is 0.573. The molecule has 0 unspecified atom stereocenters. The van der Waals surface area contributed by atoms with E-state index in [0.29, 0.717) is 0 Å². The number of nitrogens with zero attached hydrogens (tertiary/aromatic N) is 1. The van der Waals surface area contributed by atoms with Crippen LogP contribution in [0.3, 0.4) is 0 Å². The van der Waals surface area contributed by atoms with Gasteiger partial charge in [-0.15, -0.1) is 0 Å². The van der Waals surface area contributed by atoms with E-state index in [1.54, 1.807) is 20.8 Å². The Balaban J connectivity index is 4.43. The smallest absolute Gasteiger partial charge is 0.348 e. The number of carbonyl (C=O) groups excluding carboxylic acids is 2. The molecule has 0 aliphatic carbocycles. The van der Waals surface area contributed by atoms with Crippen molar-refractivity contribution in [3.8, 4) is 0 Å². The van der Waals surface area contributed by atoms with E-state index in [1.165, 1.54) is 5.87 Å². The average molecular weight is 168 g/mol. The van der Waals surface area contributed by atoms with E-state index in [9.17, 15) is 9.59 Å². The van der Waals surface area contributed by atoms with E-state index in [4.69, 9.17) is 10.1 Å². The molecule has 0 N–H and O–H groups in total. The molecule has 0 aromatic carbocycles. The fourth-order valence-corrected chi connectivity index (χ4v) is 0.453. The first-order chi connectivity index (χ1) is 5.40. The minimum Gasteiger partial charge on any atom is -0.762 e. The quantitative estimate of drug-likeness (QED) is 0.152. The van der Waals surface area contributed by atoms with Gasteiger partial charge in [-0.1, -0.05) is 0 Å². The van der Waals surface area contributed by atoms with E-state index in [-0.39, 0.29) is 6.29 Å². The lowest BCUT2D eigenvalue weighted by Crippen LogP contribution is -2.25. The highest BCUT2D eigenvalue weighted by atomic mass is 16.6. The number of hydrogen-bond acceptors (Lipinski definition) is 3. The molecular formula is C8H10NO3-. The van der Waals surface area contributed by atoms with Crippen molar-refractivity contribution in [1.82, 2.24) is 0 Å². The molecule has 0 radical (unpaired) electrons. The van der Waals surface area contributed by atoms with Crippen molar-refractivity contribution in [1.29, 1.82) is 0 Å². The summed E-state index contributed by atoms with van der Waals surface area (Å²) >= 11 is 0. The molecular weight excluding hydrogens is 158 g/mol. The maximum Gasteiger partial charge on any atom is 0.348 e. The van der Waals surface area contributed by atoms with Crippen LogP contribution in [-0.2, 0) is 14.3 Å². The van der Waals surface area contributed by atoms with E-state index in [0.717, 1.165) is 0 Å². The number of rotatable bonds is 2. The van der Waals surface area contributed by atoms with E-state index in [2.05, 4.69) is 0 Å². The van der Waals surface area contributed by atoms with Crippen LogP contribution in [0.1, 0.15) is 20.8 Å². The fourth-order valence-electron chi connectivity index (χ4n) is 0.453. The Morgan fingerprint density at radius 2 is 2.00 bits per heavy atom. The number of ether oxygens (including phenoxy) is 1. The van der Waals surface area contributed by atoms with Gasteiger partial charge < -0.3 is 10.1 Å². The van der Waals surface area contributed by atoms with Crippen LogP contribution in [0, 0.1) is 0 Å². The van der Waals surface area contributed by atoms with E-state index < -0.39 is 17.1 Å². The number of esters is 1. The van der Waals surface area contributed by atoms with Gasteiger partial charge in [-0.05, 0) is 20.8 Å². The predicted molar refractivity (Wildman–Crippen MR) is 43.8 cm³/mol. The Hall–Kier alpha value is -1.41. The lowest BCUT2D eigenvalue weighted by atomic mass is 10.2. The molecule has 4 nitrogen and oxygen atoms in total. The SMILES string of the molecule is CC(C)(C)OC(=O)C(=C=[N-])C=O. The van der Waals surface area contributed by atoms with Gasteiger partial charge in [0.15, 0.2) is 6.29 Å². The average Bonchev–Trinajstić information content (AvgIpc) is 1.85. The van der Waals surface area contributed by atoms with Crippen LogP contribution in [0.25, 0.3) is 5.41 Å². The second kappa shape index (κ2) is 3.83. The third-order valence-electron chi connectivity index (χ3n) is 0.857. The zero-order valence-corrected chi connectivity index (χ0v) is 7.25. The van der Waals surface area contributed by atoms with Crippen LogP contribution in [0.5, 0.6) is 0 Å². The van der Waals surface area contributed by atoms with Gasteiger partial charge in [-0.2, -0.15) is 0 Å². The van der Waals surface area contributed by atoms with E-state index in [1.807, 2.05) is 0 Å². The monoisotopic (exact) mass is 168 g/mol. The summed E-state index contributed by atoms with van der Waals surface area (Å²) in [5, 5.41) is 8.27. The van der Waals surface area contributed by atoms with Gasteiger partial charge in [0, 0.05) is 0 Å². The first kappa shape index (κ1) is 10.6. The Kier molecular flexibility index (Phi) is 3.38. The van der Waals surface area contributed by atoms with Crippen LogP contribution in [0.2, 0.25) is 0 Å². The summed E-state index contributed by atoms with van der Waals surface area (Å²) in [6, 6.07) is 0. The molecule has 0 spiro atoms. The van der Waals surface area contributed by atoms with Crippen molar-refractivity contribution in [2.24, 2.45) is 0 Å². The highest BCUT2D eigenvalue weighted by Crippen LogP contribution is 2.08. The molecule has 0 fully saturated rings. The predicted octanol–water partition coefficient (Wildman–Crippen LogP) is 0.693. The Bertz CT molecular complexity index is 244. The first-order valence-electron chi connectivity index (χ1n) is 3.36. The Morgan fingerprint density at radius 3 is 2.25 bits per heavy atom. The molecule has 0 aliphatic heterocycles. The molecule has 0 aromatic rings. The Labute approximate surface area is 70.7 Å². The number of hydrogen-bond donors (Lipinski definition) is 0. The first-order valence-corrected chi connectivity index (χ1v) is 3.36. The Morgan fingerprint density at radius 1 is 1.50 bits per heavy atom. The fraction of sp³-hybridized carbons (Fsp3) is 0.500. The summed E-state index contributed by atoms with van der Waals surface area (Å²) in [6.45, 7) is 4.97. The molecule has 66 valence electrons. The molecule has 0 atom stereocenters. The van der Waals surface area contributed by atoms with Gasteiger partial charge in [0.25, 0.3) is 0 Å². The van der Waals surface area contributed by atoms with Crippen molar-refractivity contribution in [3.05, 3.63) is 11.0 Å². The van der Waals surface area contributed by atoms with Gasteiger partial charge in [-0.25, -0.2) is 4.79 Å². The molecule has 0 bridgehead atoms. The number of aldehydes is 1. The minimum absolute atomic E-state index is 0.189. The minimum atomic E-state index is -0.875. The lowest BCUT2D eigenvalue weighted by molar-refractivity contribution is -0.149. The normalized spacial score (nSPS) is 9.92. The number of carbonyl (C=O) groups is 2. The van der Waals surface area contributed by atoms with Crippen molar-refractivity contribution < 1.29 is 14.3 Å². The van der Waals surface area contributed by atoms with Gasteiger partial charge in [0.1, 0.15) is 11.2 Å². The molecule has 4 heteroatoms. The van der Waals surface area contributed by atoms with Crippen LogP contribution in [0.4, 0.5) is 0 Å². The van der Waals surface area contributed by atoms with E-state index >= 15 is 0 Å². The molecule has 12 heavy (non-hydrogen) atoms. The van der Waals surface area contributed by atoms with Crippen molar-refractivity contribution in [3.63, 3.8) is 0 Å².